The highest BCUT2D eigenvalue weighted by atomic mass is 32.2. The molecule has 2 aromatic carbocycles. The lowest BCUT2D eigenvalue weighted by Crippen LogP contribution is -2.17. The molecule has 1 atom stereocenters. The lowest BCUT2D eigenvalue weighted by atomic mass is 10.1. The van der Waals surface area contributed by atoms with Gasteiger partial charge in [0.1, 0.15) is 5.82 Å². The number of fused-ring (bicyclic) bond motifs is 1. The van der Waals surface area contributed by atoms with Crippen molar-refractivity contribution in [3.05, 3.63) is 65.6 Å². The van der Waals surface area contributed by atoms with Crippen LogP contribution in [0.2, 0.25) is 0 Å². The first-order chi connectivity index (χ1) is 15.6. The van der Waals surface area contributed by atoms with Gasteiger partial charge in [-0.3, -0.25) is 9.36 Å². The number of ether oxygens (including phenoxy) is 1. The van der Waals surface area contributed by atoms with Crippen molar-refractivity contribution in [3.63, 3.8) is 0 Å². The molecule has 1 aliphatic heterocycles. The van der Waals surface area contributed by atoms with Gasteiger partial charge in [-0.1, -0.05) is 30.0 Å². The third kappa shape index (κ3) is 4.08. The van der Waals surface area contributed by atoms with Crippen LogP contribution in [-0.2, 0) is 11.3 Å². The number of nitrogens with one attached hydrogen (secondary N) is 1. The minimum absolute atomic E-state index is 0.0416. The van der Waals surface area contributed by atoms with E-state index in [1.807, 2.05) is 35.8 Å². The third-order valence-electron chi connectivity index (χ3n) is 5.73. The van der Waals surface area contributed by atoms with Crippen molar-refractivity contribution in [2.24, 2.45) is 0 Å². The van der Waals surface area contributed by atoms with Crippen LogP contribution in [0.1, 0.15) is 28.9 Å². The molecule has 0 bridgehead atoms. The van der Waals surface area contributed by atoms with Gasteiger partial charge >= 0.3 is 0 Å². The van der Waals surface area contributed by atoms with Crippen molar-refractivity contribution >= 4 is 28.4 Å². The predicted octanol–water partition coefficient (Wildman–Crippen LogP) is 5.03. The number of aromatic nitrogens is 4. The molecule has 8 heteroatoms. The summed E-state index contributed by atoms with van der Waals surface area (Å²) in [5, 5.41) is 10.3. The molecule has 5 rings (SSSR count). The summed E-state index contributed by atoms with van der Waals surface area (Å²) in [5.41, 5.74) is 3.32. The summed E-state index contributed by atoms with van der Waals surface area (Å²) in [7, 11) is 0. The zero-order valence-corrected chi connectivity index (χ0v) is 18.5. The normalized spacial score (nSPS) is 16.1. The van der Waals surface area contributed by atoms with Crippen LogP contribution in [0.3, 0.4) is 0 Å². The van der Waals surface area contributed by atoms with Crippen LogP contribution >= 0.6 is 11.8 Å². The average Bonchev–Trinajstić information content (AvgIpc) is 3.52. The topological polar surface area (TPSA) is 72.8 Å². The fraction of sp³-hybridized carbons (Fsp3) is 0.292. The van der Waals surface area contributed by atoms with Crippen molar-refractivity contribution in [2.75, 3.05) is 12.4 Å². The van der Waals surface area contributed by atoms with Gasteiger partial charge in [-0.05, 0) is 50.1 Å². The standard InChI is InChI=1S/C24H23FN4O2S/c1-15-22(19-6-2-3-7-20(19)26-15)21(30)14-32-24-28-27-23(16-8-10-17(25)11-9-16)29(24)13-18-5-4-12-31-18/h2-3,6-11,18,26H,4-5,12-14H2,1H3/t18-/m1/s1. The largest absolute Gasteiger partial charge is 0.376 e. The molecule has 0 unspecified atom stereocenters. The maximum absolute atomic E-state index is 13.4. The Balaban J connectivity index is 1.41. The van der Waals surface area contributed by atoms with Crippen molar-refractivity contribution < 1.29 is 13.9 Å². The number of rotatable bonds is 7. The summed E-state index contributed by atoms with van der Waals surface area (Å²) in [6, 6.07) is 14.0. The van der Waals surface area contributed by atoms with Crippen LogP contribution in [0.5, 0.6) is 0 Å². The van der Waals surface area contributed by atoms with Crippen molar-refractivity contribution in [1.82, 2.24) is 19.7 Å². The SMILES string of the molecule is Cc1[nH]c2ccccc2c1C(=O)CSc1nnc(-c2ccc(F)cc2)n1C[C@H]1CCCO1. The van der Waals surface area contributed by atoms with E-state index in [4.69, 9.17) is 4.74 Å². The summed E-state index contributed by atoms with van der Waals surface area (Å²) < 4.78 is 21.2. The number of aromatic amines is 1. The lowest BCUT2D eigenvalue weighted by molar-refractivity contribution is 0.0953. The van der Waals surface area contributed by atoms with Crippen LogP contribution in [0.25, 0.3) is 22.3 Å². The summed E-state index contributed by atoms with van der Waals surface area (Å²) in [4.78, 5) is 16.4. The van der Waals surface area contributed by atoms with E-state index in [-0.39, 0.29) is 23.5 Å². The zero-order chi connectivity index (χ0) is 22.1. The van der Waals surface area contributed by atoms with E-state index in [1.165, 1.54) is 23.9 Å². The number of H-pyrrole nitrogens is 1. The van der Waals surface area contributed by atoms with E-state index in [0.29, 0.717) is 17.5 Å². The number of thioether (sulfide) groups is 1. The molecule has 0 saturated carbocycles. The molecule has 2 aromatic heterocycles. The number of hydrogen-bond acceptors (Lipinski definition) is 5. The number of carbonyl (C=O) groups excluding carboxylic acids is 1. The van der Waals surface area contributed by atoms with Gasteiger partial charge in [-0.25, -0.2) is 4.39 Å². The summed E-state index contributed by atoms with van der Waals surface area (Å²) in [5.74, 6) is 0.641. The first-order valence-electron chi connectivity index (χ1n) is 10.6. The Bertz CT molecular complexity index is 1260. The monoisotopic (exact) mass is 450 g/mol. The first-order valence-corrected chi connectivity index (χ1v) is 11.6. The van der Waals surface area contributed by atoms with Crippen LogP contribution in [0.15, 0.2) is 53.7 Å². The molecule has 4 aromatic rings. The fourth-order valence-electron chi connectivity index (χ4n) is 4.20. The Labute approximate surface area is 189 Å². The van der Waals surface area contributed by atoms with E-state index >= 15 is 0 Å². The Morgan fingerprint density at radius 1 is 1.22 bits per heavy atom. The predicted molar refractivity (Wildman–Crippen MR) is 122 cm³/mol. The molecule has 1 aliphatic rings. The minimum Gasteiger partial charge on any atom is -0.376 e. The number of hydrogen-bond donors (Lipinski definition) is 1. The van der Waals surface area contributed by atoms with Gasteiger partial charge in [-0.2, -0.15) is 0 Å². The molecule has 6 nitrogen and oxygen atoms in total. The second-order valence-electron chi connectivity index (χ2n) is 7.94. The molecule has 1 saturated heterocycles. The molecule has 0 amide bonds. The number of aryl methyl sites for hydroxylation is 1. The molecule has 1 fully saturated rings. The summed E-state index contributed by atoms with van der Waals surface area (Å²) >= 11 is 1.37. The highest BCUT2D eigenvalue weighted by molar-refractivity contribution is 7.99. The van der Waals surface area contributed by atoms with Gasteiger partial charge in [0.25, 0.3) is 0 Å². The molecule has 0 spiro atoms. The van der Waals surface area contributed by atoms with Crippen LogP contribution in [-0.4, -0.2) is 44.0 Å². The Hall–Kier alpha value is -2.97. The molecule has 3 heterocycles. The number of para-hydroxylation sites is 1. The minimum atomic E-state index is -0.298. The smallest absolute Gasteiger partial charge is 0.192 e. The Morgan fingerprint density at radius 3 is 2.81 bits per heavy atom. The number of nitrogens with zero attached hydrogens (tertiary/aromatic N) is 3. The average molecular weight is 451 g/mol. The molecule has 0 aliphatic carbocycles. The molecular weight excluding hydrogens is 427 g/mol. The van der Waals surface area contributed by atoms with E-state index in [0.717, 1.165) is 47.2 Å². The van der Waals surface area contributed by atoms with Crippen molar-refractivity contribution in [2.45, 2.75) is 37.6 Å². The van der Waals surface area contributed by atoms with Gasteiger partial charge in [0.15, 0.2) is 16.8 Å². The zero-order valence-electron chi connectivity index (χ0n) is 17.7. The quantitative estimate of drug-likeness (QED) is 0.316. The second-order valence-corrected chi connectivity index (χ2v) is 8.88. The molecular formula is C24H23FN4O2S. The van der Waals surface area contributed by atoms with Crippen molar-refractivity contribution in [3.8, 4) is 11.4 Å². The van der Waals surface area contributed by atoms with Gasteiger partial charge in [0.2, 0.25) is 0 Å². The molecule has 0 radical (unpaired) electrons. The van der Waals surface area contributed by atoms with Gasteiger partial charge in [-0.15, -0.1) is 10.2 Å². The van der Waals surface area contributed by atoms with E-state index < -0.39 is 0 Å². The van der Waals surface area contributed by atoms with E-state index in [2.05, 4.69) is 15.2 Å². The first kappa shape index (κ1) is 20.9. The number of Topliss-reactive ketones (excluding diaryl/α,β-unsaturated/α-hetero) is 1. The second kappa shape index (κ2) is 8.88. The number of carbonyl (C=O) groups is 1. The Morgan fingerprint density at radius 2 is 2.03 bits per heavy atom. The molecule has 32 heavy (non-hydrogen) atoms. The highest BCUT2D eigenvalue weighted by Crippen LogP contribution is 2.29. The molecule has 164 valence electrons. The maximum atomic E-state index is 13.4. The number of halogens is 1. The Kier molecular flexibility index (Phi) is 5.80. The van der Waals surface area contributed by atoms with E-state index in [1.54, 1.807) is 12.1 Å². The van der Waals surface area contributed by atoms with Crippen LogP contribution < -0.4 is 0 Å². The van der Waals surface area contributed by atoms with Crippen LogP contribution in [0.4, 0.5) is 4.39 Å². The number of ketones is 1. The summed E-state index contributed by atoms with van der Waals surface area (Å²) in [6.07, 6.45) is 2.08. The maximum Gasteiger partial charge on any atom is 0.192 e. The molecule has 1 N–H and O–H groups in total. The lowest BCUT2D eigenvalue weighted by Gasteiger charge is -2.14. The highest BCUT2D eigenvalue weighted by Gasteiger charge is 2.23. The number of benzene rings is 2. The van der Waals surface area contributed by atoms with E-state index in [9.17, 15) is 9.18 Å². The van der Waals surface area contributed by atoms with Gasteiger partial charge < -0.3 is 9.72 Å². The van der Waals surface area contributed by atoms with Gasteiger partial charge in [0, 0.05) is 34.3 Å². The van der Waals surface area contributed by atoms with Gasteiger partial charge in [0.05, 0.1) is 18.4 Å². The third-order valence-corrected chi connectivity index (χ3v) is 6.70. The van der Waals surface area contributed by atoms with Crippen molar-refractivity contribution in [1.29, 1.82) is 0 Å². The van der Waals surface area contributed by atoms with Crippen LogP contribution in [0, 0.1) is 12.7 Å². The fourth-order valence-corrected chi connectivity index (χ4v) is 5.02. The summed E-state index contributed by atoms with van der Waals surface area (Å²) in [6.45, 7) is 3.27.